The van der Waals surface area contributed by atoms with E-state index in [1.807, 2.05) is 0 Å². The van der Waals surface area contributed by atoms with Gasteiger partial charge in [-0.3, -0.25) is 9.59 Å². The van der Waals surface area contributed by atoms with Gasteiger partial charge in [-0.05, 0) is 68.1 Å². The van der Waals surface area contributed by atoms with Crippen LogP contribution in [-0.2, 0) is 22.3 Å². The highest BCUT2D eigenvalue weighted by Gasteiger charge is 2.60. The van der Waals surface area contributed by atoms with Crippen LogP contribution >= 0.6 is 0 Å². The lowest BCUT2D eigenvalue weighted by Gasteiger charge is -2.61. The molecule has 4 bridgehead atoms. The SMILES string of the molecule is CC(=O)NC12C[C@H]3C[C@@H](C1)CC(C(=O)NCc1cccc(C(F)(F)F)c1)(C3)C2. The molecule has 2 unspecified atom stereocenters. The smallest absolute Gasteiger partial charge is 0.352 e. The Morgan fingerprint density at radius 2 is 1.82 bits per heavy atom. The predicted octanol–water partition coefficient (Wildman–Crippen LogP) is 3.80. The maximum atomic E-state index is 13.1. The summed E-state index contributed by atoms with van der Waals surface area (Å²) < 4.78 is 38.7. The summed E-state index contributed by atoms with van der Waals surface area (Å²) in [4.78, 5) is 24.9. The van der Waals surface area contributed by atoms with Crippen LogP contribution in [0.2, 0.25) is 0 Å². The summed E-state index contributed by atoms with van der Waals surface area (Å²) in [5.41, 5.74) is -1.10. The van der Waals surface area contributed by atoms with Gasteiger partial charge >= 0.3 is 6.18 Å². The zero-order valence-corrected chi connectivity index (χ0v) is 15.9. The highest BCUT2D eigenvalue weighted by Crippen LogP contribution is 2.61. The van der Waals surface area contributed by atoms with Crippen LogP contribution in [-0.4, -0.2) is 17.4 Å². The van der Waals surface area contributed by atoms with Gasteiger partial charge in [-0.2, -0.15) is 13.2 Å². The van der Waals surface area contributed by atoms with Gasteiger partial charge in [-0.15, -0.1) is 0 Å². The van der Waals surface area contributed by atoms with Gasteiger partial charge < -0.3 is 10.6 Å². The van der Waals surface area contributed by atoms with Gasteiger partial charge in [0.15, 0.2) is 0 Å². The maximum Gasteiger partial charge on any atom is 0.416 e. The van der Waals surface area contributed by atoms with Crippen molar-refractivity contribution in [2.75, 3.05) is 0 Å². The zero-order chi connectivity index (χ0) is 20.2. The summed E-state index contributed by atoms with van der Waals surface area (Å²) >= 11 is 0. The Morgan fingerprint density at radius 1 is 1.14 bits per heavy atom. The molecule has 1 aromatic carbocycles. The standard InChI is InChI=1S/C21H25F3N2O2/c1-13(27)26-20-9-15-5-16(10-20)8-19(7-15,12-20)18(28)25-11-14-3-2-4-17(6-14)21(22,23)24/h2-4,6,15-16H,5,7-12H2,1H3,(H,25,28)(H,26,27)/t15-,16+,19?,20?. The number of carbonyl (C=O) groups excluding carboxylic acids is 2. The molecule has 2 amide bonds. The lowest BCUT2D eigenvalue weighted by molar-refractivity contribution is -0.153. The fourth-order valence-electron chi connectivity index (χ4n) is 6.28. The van der Waals surface area contributed by atoms with E-state index in [4.69, 9.17) is 0 Å². The number of hydrogen-bond donors (Lipinski definition) is 2. The summed E-state index contributed by atoms with van der Waals surface area (Å²) in [6.07, 6.45) is 0.783. The van der Waals surface area contributed by atoms with E-state index in [0.29, 0.717) is 23.8 Å². The molecule has 0 radical (unpaired) electrons. The second-order valence-electron chi connectivity index (χ2n) is 9.08. The molecule has 7 heteroatoms. The number of benzene rings is 1. The molecule has 5 rings (SSSR count). The first kappa shape index (κ1) is 19.3. The highest BCUT2D eigenvalue weighted by molar-refractivity contribution is 5.84. The van der Waals surface area contributed by atoms with Gasteiger partial charge in [0.25, 0.3) is 0 Å². The molecular weight excluding hydrogens is 369 g/mol. The van der Waals surface area contributed by atoms with Crippen molar-refractivity contribution in [1.82, 2.24) is 10.6 Å². The summed E-state index contributed by atoms with van der Waals surface area (Å²) in [6, 6.07) is 5.06. The monoisotopic (exact) mass is 394 g/mol. The Morgan fingerprint density at radius 3 is 2.43 bits per heavy atom. The summed E-state index contributed by atoms with van der Waals surface area (Å²) in [6.45, 7) is 1.59. The van der Waals surface area contributed by atoms with Crippen LogP contribution in [0, 0.1) is 17.3 Å². The number of nitrogens with one attached hydrogen (secondary N) is 2. The number of hydrogen-bond acceptors (Lipinski definition) is 2. The van der Waals surface area contributed by atoms with Crippen LogP contribution in [0.4, 0.5) is 13.2 Å². The van der Waals surface area contributed by atoms with E-state index in [9.17, 15) is 22.8 Å². The summed E-state index contributed by atoms with van der Waals surface area (Å²) in [5.74, 6) is 0.690. The van der Waals surface area contributed by atoms with Gasteiger partial charge in [0.05, 0.1) is 11.0 Å². The van der Waals surface area contributed by atoms with Crippen molar-refractivity contribution in [3.8, 4) is 0 Å². The molecule has 0 spiro atoms. The van der Waals surface area contributed by atoms with E-state index in [0.717, 1.165) is 44.2 Å². The Balaban J connectivity index is 1.48. The first-order chi connectivity index (χ1) is 13.1. The van der Waals surface area contributed by atoms with Crippen LogP contribution < -0.4 is 10.6 Å². The number of rotatable bonds is 4. The van der Waals surface area contributed by atoms with Crippen LogP contribution in [0.1, 0.15) is 56.6 Å². The first-order valence-electron chi connectivity index (χ1n) is 9.82. The Hall–Kier alpha value is -2.05. The van der Waals surface area contributed by atoms with Gasteiger partial charge in [0.2, 0.25) is 11.8 Å². The average molecular weight is 394 g/mol. The molecule has 4 fully saturated rings. The fourth-order valence-corrected chi connectivity index (χ4v) is 6.28. The van der Waals surface area contributed by atoms with Gasteiger partial charge in [0, 0.05) is 19.0 Å². The van der Waals surface area contributed by atoms with Crippen LogP contribution in [0.3, 0.4) is 0 Å². The normalized spacial score (nSPS) is 33.6. The van der Waals surface area contributed by atoms with E-state index in [1.165, 1.54) is 13.0 Å². The van der Waals surface area contributed by atoms with Crippen molar-refractivity contribution in [2.24, 2.45) is 17.3 Å². The topological polar surface area (TPSA) is 58.2 Å². The van der Waals surface area contributed by atoms with E-state index >= 15 is 0 Å². The fraction of sp³-hybridized carbons (Fsp3) is 0.619. The van der Waals surface area contributed by atoms with Gasteiger partial charge in [0.1, 0.15) is 0 Å². The van der Waals surface area contributed by atoms with Crippen molar-refractivity contribution < 1.29 is 22.8 Å². The molecule has 0 heterocycles. The minimum Gasteiger partial charge on any atom is -0.352 e. The zero-order valence-electron chi connectivity index (χ0n) is 15.9. The Bertz CT molecular complexity index is 791. The third kappa shape index (κ3) is 3.51. The van der Waals surface area contributed by atoms with E-state index < -0.39 is 17.2 Å². The largest absolute Gasteiger partial charge is 0.416 e. The number of halogens is 3. The van der Waals surface area contributed by atoms with E-state index in [2.05, 4.69) is 10.6 Å². The van der Waals surface area contributed by atoms with Crippen molar-refractivity contribution >= 4 is 11.8 Å². The first-order valence-corrected chi connectivity index (χ1v) is 9.82. The van der Waals surface area contributed by atoms with Crippen LogP contribution in [0.25, 0.3) is 0 Å². The number of amides is 2. The summed E-state index contributed by atoms with van der Waals surface area (Å²) in [7, 11) is 0. The molecule has 2 N–H and O–H groups in total. The molecule has 4 atom stereocenters. The second-order valence-corrected chi connectivity index (χ2v) is 9.08. The number of alkyl halides is 3. The minimum absolute atomic E-state index is 0.0681. The molecule has 152 valence electrons. The molecule has 4 aliphatic carbocycles. The quantitative estimate of drug-likeness (QED) is 0.816. The van der Waals surface area contributed by atoms with Gasteiger partial charge in [-0.1, -0.05) is 12.1 Å². The Kier molecular flexibility index (Phi) is 4.47. The molecule has 28 heavy (non-hydrogen) atoms. The third-order valence-electron chi connectivity index (χ3n) is 6.69. The molecule has 0 aromatic heterocycles. The lowest BCUT2D eigenvalue weighted by Crippen LogP contribution is -2.65. The Labute approximate surface area is 162 Å². The van der Waals surface area contributed by atoms with Crippen LogP contribution in [0.15, 0.2) is 24.3 Å². The highest BCUT2D eigenvalue weighted by atomic mass is 19.4. The molecule has 1 aromatic rings. The van der Waals surface area contributed by atoms with Crippen molar-refractivity contribution in [1.29, 1.82) is 0 Å². The third-order valence-corrected chi connectivity index (χ3v) is 6.69. The van der Waals surface area contributed by atoms with Crippen LogP contribution in [0.5, 0.6) is 0 Å². The predicted molar refractivity (Wildman–Crippen MR) is 97.0 cm³/mol. The molecule has 0 aliphatic heterocycles. The molecular formula is C21H25F3N2O2. The molecule has 4 nitrogen and oxygen atoms in total. The average Bonchev–Trinajstić information content (AvgIpc) is 2.56. The lowest BCUT2D eigenvalue weighted by atomic mass is 9.46. The molecule has 4 saturated carbocycles. The molecule has 0 saturated heterocycles. The number of carbonyl (C=O) groups is 2. The van der Waals surface area contributed by atoms with Gasteiger partial charge in [-0.25, -0.2) is 0 Å². The van der Waals surface area contributed by atoms with Crippen molar-refractivity contribution in [3.63, 3.8) is 0 Å². The minimum atomic E-state index is -4.40. The van der Waals surface area contributed by atoms with Crippen molar-refractivity contribution in [2.45, 2.75) is 63.7 Å². The molecule has 4 aliphatic rings. The maximum absolute atomic E-state index is 13.1. The van der Waals surface area contributed by atoms with E-state index in [-0.39, 0.29) is 23.9 Å². The van der Waals surface area contributed by atoms with E-state index in [1.54, 1.807) is 6.07 Å². The summed E-state index contributed by atoms with van der Waals surface area (Å²) in [5, 5.41) is 6.01. The second kappa shape index (κ2) is 6.49. The van der Waals surface area contributed by atoms with Crippen molar-refractivity contribution in [3.05, 3.63) is 35.4 Å².